The van der Waals surface area contributed by atoms with Crippen LogP contribution in [-0.2, 0) is 0 Å². The summed E-state index contributed by atoms with van der Waals surface area (Å²) in [5, 5.41) is 1.85. The first-order valence-electron chi connectivity index (χ1n) is 7.16. The minimum atomic E-state index is 0.787. The van der Waals surface area contributed by atoms with Gasteiger partial charge in [-0.1, -0.05) is 0 Å². The molecule has 0 atom stereocenters. The molecule has 0 aromatic carbocycles. The molecule has 1 aromatic rings. The van der Waals surface area contributed by atoms with Crippen molar-refractivity contribution in [1.29, 1.82) is 0 Å². The lowest BCUT2D eigenvalue weighted by molar-refractivity contribution is 0.0267. The van der Waals surface area contributed by atoms with Crippen LogP contribution in [0.3, 0.4) is 0 Å². The molecule has 5 rings (SSSR count). The second kappa shape index (κ2) is 4.16. The normalized spacial score (nSPS) is 41.2. The topological polar surface area (TPSA) is 38.9 Å². The molecule has 2 N–H and O–H groups in total. The first-order valence-corrected chi connectivity index (χ1v) is 8.04. The first kappa shape index (κ1) is 11.2. The predicted octanol–water partition coefficient (Wildman–Crippen LogP) is 3.58. The van der Waals surface area contributed by atoms with Gasteiger partial charge in [-0.3, -0.25) is 0 Å². The Bertz CT molecular complexity index is 432. The maximum absolute atomic E-state index is 6.04. The van der Waals surface area contributed by atoms with Gasteiger partial charge in [0.15, 0.2) is 0 Å². The minimum Gasteiger partial charge on any atom is -0.397 e. The van der Waals surface area contributed by atoms with Gasteiger partial charge in [0, 0.05) is 11.4 Å². The highest BCUT2D eigenvalue weighted by molar-refractivity contribution is 8.00. The summed E-state index contributed by atoms with van der Waals surface area (Å²) in [5.74, 6) is 3.97. The van der Waals surface area contributed by atoms with Crippen molar-refractivity contribution in [1.82, 2.24) is 4.98 Å². The summed E-state index contributed by atoms with van der Waals surface area (Å²) in [4.78, 5) is 4.47. The lowest BCUT2D eigenvalue weighted by Crippen LogP contribution is -2.46. The van der Waals surface area contributed by atoms with Gasteiger partial charge in [-0.05, 0) is 67.9 Å². The molecular formula is C15H20N2S. The fraction of sp³-hybridized carbons (Fsp3) is 0.667. The molecule has 4 aliphatic rings. The highest BCUT2D eigenvalue weighted by atomic mass is 32.2. The Kier molecular flexibility index (Phi) is 2.58. The smallest absolute Gasteiger partial charge is 0.119 e. The molecule has 1 heterocycles. The van der Waals surface area contributed by atoms with Crippen LogP contribution in [0.4, 0.5) is 5.69 Å². The molecule has 3 heteroatoms. The molecule has 4 aliphatic carbocycles. The van der Waals surface area contributed by atoms with Gasteiger partial charge in [0.1, 0.15) is 5.03 Å². The third-order valence-corrected chi connectivity index (χ3v) is 6.79. The molecule has 0 amide bonds. The monoisotopic (exact) mass is 260 g/mol. The number of nitrogens with zero attached hydrogens (tertiary/aromatic N) is 1. The van der Waals surface area contributed by atoms with Crippen molar-refractivity contribution >= 4 is 17.4 Å². The second-order valence-electron chi connectivity index (χ2n) is 6.41. The molecule has 0 saturated heterocycles. The second-order valence-corrected chi connectivity index (χ2v) is 7.58. The molecule has 0 spiro atoms. The van der Waals surface area contributed by atoms with E-state index in [1.165, 1.54) is 32.1 Å². The number of rotatable bonds is 2. The number of nitrogen functional groups attached to an aromatic ring is 1. The quantitative estimate of drug-likeness (QED) is 0.883. The van der Waals surface area contributed by atoms with Crippen molar-refractivity contribution in [2.45, 2.75) is 42.4 Å². The standard InChI is InChI=1S/C15H20N2S/c16-13-2-1-3-17-15(13)18-14-11-5-9-4-10(7-11)8-12(14)6-9/h1-3,9-12,14H,4-8,16H2. The molecular weight excluding hydrogens is 240 g/mol. The molecule has 0 unspecified atom stereocenters. The number of aromatic nitrogens is 1. The molecule has 4 bridgehead atoms. The Morgan fingerprint density at radius 2 is 1.72 bits per heavy atom. The zero-order chi connectivity index (χ0) is 12.1. The zero-order valence-corrected chi connectivity index (χ0v) is 11.4. The summed E-state index contributed by atoms with van der Waals surface area (Å²) >= 11 is 1.97. The van der Waals surface area contributed by atoms with E-state index in [0.29, 0.717) is 0 Å². The molecule has 18 heavy (non-hydrogen) atoms. The Labute approximate surface area is 113 Å². The van der Waals surface area contributed by atoms with E-state index in [1.54, 1.807) is 0 Å². The average Bonchev–Trinajstić information content (AvgIpc) is 2.35. The Morgan fingerprint density at radius 1 is 1.06 bits per heavy atom. The Hall–Kier alpha value is -0.700. The number of hydrogen-bond donors (Lipinski definition) is 1. The van der Waals surface area contributed by atoms with Gasteiger partial charge in [0.25, 0.3) is 0 Å². The Morgan fingerprint density at radius 3 is 2.33 bits per heavy atom. The summed E-state index contributed by atoms with van der Waals surface area (Å²) in [6.07, 6.45) is 9.27. The fourth-order valence-corrected chi connectivity index (χ4v) is 6.11. The Balaban J connectivity index is 1.57. The van der Waals surface area contributed by atoms with Gasteiger partial charge in [0.2, 0.25) is 0 Å². The van der Waals surface area contributed by atoms with Crippen LogP contribution in [0.15, 0.2) is 23.4 Å². The van der Waals surface area contributed by atoms with Gasteiger partial charge < -0.3 is 5.73 Å². The van der Waals surface area contributed by atoms with Crippen LogP contribution in [-0.4, -0.2) is 10.2 Å². The molecule has 1 aromatic heterocycles. The highest BCUT2D eigenvalue weighted by Gasteiger charge is 2.48. The van der Waals surface area contributed by atoms with Gasteiger partial charge in [0.05, 0.1) is 5.69 Å². The van der Waals surface area contributed by atoms with Crippen LogP contribution in [0, 0.1) is 23.7 Å². The third kappa shape index (κ3) is 1.75. The van der Waals surface area contributed by atoms with Gasteiger partial charge in [-0.15, -0.1) is 11.8 Å². The van der Waals surface area contributed by atoms with Gasteiger partial charge in [-0.25, -0.2) is 4.98 Å². The number of thioether (sulfide) groups is 1. The van der Waals surface area contributed by atoms with E-state index in [4.69, 9.17) is 5.73 Å². The van der Waals surface area contributed by atoms with Crippen molar-refractivity contribution in [2.75, 3.05) is 5.73 Å². The summed E-state index contributed by atoms with van der Waals surface area (Å²) in [5.41, 5.74) is 6.90. The van der Waals surface area contributed by atoms with E-state index in [1.807, 2.05) is 30.1 Å². The van der Waals surface area contributed by atoms with Crippen molar-refractivity contribution in [3.8, 4) is 0 Å². The fourth-order valence-electron chi connectivity index (χ4n) is 4.70. The maximum atomic E-state index is 6.04. The van der Waals surface area contributed by atoms with E-state index in [0.717, 1.165) is 39.6 Å². The largest absolute Gasteiger partial charge is 0.397 e. The first-order chi connectivity index (χ1) is 8.79. The number of anilines is 1. The minimum absolute atomic E-state index is 0.787. The van der Waals surface area contributed by atoms with Crippen molar-refractivity contribution in [3.05, 3.63) is 18.3 Å². The van der Waals surface area contributed by atoms with Gasteiger partial charge >= 0.3 is 0 Å². The zero-order valence-electron chi connectivity index (χ0n) is 10.6. The van der Waals surface area contributed by atoms with Crippen LogP contribution in [0.2, 0.25) is 0 Å². The van der Waals surface area contributed by atoms with Crippen LogP contribution >= 0.6 is 11.8 Å². The highest BCUT2D eigenvalue weighted by Crippen LogP contribution is 2.58. The summed E-state index contributed by atoms with van der Waals surface area (Å²) < 4.78 is 0. The van der Waals surface area contributed by atoms with E-state index in [9.17, 15) is 0 Å². The third-order valence-electron chi connectivity index (χ3n) is 5.19. The van der Waals surface area contributed by atoms with E-state index in [-0.39, 0.29) is 0 Å². The maximum Gasteiger partial charge on any atom is 0.119 e. The predicted molar refractivity (Wildman–Crippen MR) is 75.3 cm³/mol. The lowest BCUT2D eigenvalue weighted by atomic mass is 9.56. The summed E-state index contributed by atoms with van der Waals surface area (Å²) in [7, 11) is 0. The SMILES string of the molecule is Nc1cccnc1SC1C2CC3CC(C2)CC1C3. The van der Waals surface area contributed by atoms with Crippen molar-refractivity contribution < 1.29 is 0 Å². The molecule has 4 saturated carbocycles. The van der Waals surface area contributed by atoms with E-state index >= 15 is 0 Å². The summed E-state index contributed by atoms with van der Waals surface area (Å²) in [6, 6.07) is 3.90. The molecule has 96 valence electrons. The van der Waals surface area contributed by atoms with E-state index in [2.05, 4.69) is 4.98 Å². The van der Waals surface area contributed by atoms with Gasteiger partial charge in [-0.2, -0.15) is 0 Å². The van der Waals surface area contributed by atoms with Crippen LogP contribution < -0.4 is 5.73 Å². The number of hydrogen-bond acceptors (Lipinski definition) is 3. The van der Waals surface area contributed by atoms with Crippen LogP contribution in [0.25, 0.3) is 0 Å². The number of nitrogens with two attached hydrogens (primary N) is 1. The molecule has 0 radical (unpaired) electrons. The molecule has 0 aliphatic heterocycles. The van der Waals surface area contributed by atoms with Crippen molar-refractivity contribution in [3.63, 3.8) is 0 Å². The molecule has 2 nitrogen and oxygen atoms in total. The van der Waals surface area contributed by atoms with Crippen LogP contribution in [0.1, 0.15) is 32.1 Å². The van der Waals surface area contributed by atoms with Crippen molar-refractivity contribution in [2.24, 2.45) is 23.7 Å². The average molecular weight is 260 g/mol. The lowest BCUT2D eigenvalue weighted by Gasteiger charge is -2.54. The van der Waals surface area contributed by atoms with Crippen LogP contribution in [0.5, 0.6) is 0 Å². The molecule has 4 fully saturated rings. The number of pyridine rings is 1. The summed E-state index contributed by atoms with van der Waals surface area (Å²) in [6.45, 7) is 0. The van der Waals surface area contributed by atoms with E-state index < -0.39 is 0 Å².